The number of nitrogens with zero attached hydrogens (tertiary/aromatic N) is 1. The van der Waals surface area contributed by atoms with Crippen LogP contribution in [0.3, 0.4) is 0 Å². The number of carbonyl (C=O) groups excluding carboxylic acids is 1. The summed E-state index contributed by atoms with van der Waals surface area (Å²) in [4.78, 5) is 13.6. The van der Waals surface area contributed by atoms with E-state index in [1.165, 1.54) is 0 Å². The van der Waals surface area contributed by atoms with Crippen molar-refractivity contribution in [3.63, 3.8) is 0 Å². The van der Waals surface area contributed by atoms with Crippen LogP contribution in [0, 0.1) is 5.82 Å². The molecule has 0 aliphatic heterocycles. The number of methoxy groups -OCH3 is 1. The second-order valence-electron chi connectivity index (χ2n) is 3.04. The lowest BCUT2D eigenvalue weighted by Gasteiger charge is -2.13. The molecule has 1 heterocycles. The quantitative estimate of drug-likeness (QED) is 0.614. The van der Waals surface area contributed by atoms with Crippen LogP contribution in [0.15, 0.2) is 6.20 Å². The minimum atomic E-state index is -5.25. The Morgan fingerprint density at radius 3 is 2.33 bits per heavy atom. The lowest BCUT2D eigenvalue weighted by Crippen LogP contribution is -2.17. The Balaban J connectivity index is 3.53. The SMILES string of the molecule is COC(=O)c1cnc(C(F)(F)F)c(C(F)F)c1F. The number of hydrogen-bond acceptors (Lipinski definition) is 3. The number of halogens is 6. The first-order valence-electron chi connectivity index (χ1n) is 4.32. The van der Waals surface area contributed by atoms with Crippen molar-refractivity contribution < 1.29 is 35.9 Å². The van der Waals surface area contributed by atoms with Crippen molar-refractivity contribution in [2.75, 3.05) is 7.11 Å². The zero-order valence-corrected chi connectivity index (χ0v) is 8.69. The van der Waals surface area contributed by atoms with Crippen molar-refractivity contribution >= 4 is 5.97 Å². The highest BCUT2D eigenvalue weighted by molar-refractivity contribution is 5.89. The Bertz CT molecular complexity index is 471. The third-order valence-electron chi connectivity index (χ3n) is 1.94. The Hall–Kier alpha value is -1.80. The maximum atomic E-state index is 13.4. The molecular weight excluding hydrogens is 268 g/mol. The molecule has 0 unspecified atom stereocenters. The van der Waals surface area contributed by atoms with Gasteiger partial charge in [-0.1, -0.05) is 0 Å². The van der Waals surface area contributed by atoms with Crippen LogP contribution >= 0.6 is 0 Å². The first-order chi connectivity index (χ1) is 8.20. The molecule has 1 aromatic rings. The zero-order chi connectivity index (χ0) is 14.1. The summed E-state index contributed by atoms with van der Waals surface area (Å²) < 4.78 is 79.3. The van der Waals surface area contributed by atoms with Crippen molar-refractivity contribution in [1.29, 1.82) is 0 Å². The predicted molar refractivity (Wildman–Crippen MR) is 45.5 cm³/mol. The molecule has 0 aliphatic carbocycles. The van der Waals surface area contributed by atoms with Crippen LogP contribution in [-0.2, 0) is 10.9 Å². The van der Waals surface area contributed by atoms with E-state index in [1.54, 1.807) is 0 Å². The summed E-state index contributed by atoms with van der Waals surface area (Å²) in [6.07, 6.45) is -8.81. The molecule has 0 fully saturated rings. The summed E-state index contributed by atoms with van der Waals surface area (Å²) >= 11 is 0. The summed E-state index contributed by atoms with van der Waals surface area (Å²) in [5.41, 5.74) is -5.12. The van der Waals surface area contributed by atoms with Gasteiger partial charge in [-0.05, 0) is 0 Å². The number of hydrogen-bond donors (Lipinski definition) is 0. The maximum Gasteiger partial charge on any atom is 0.433 e. The molecule has 1 rings (SSSR count). The highest BCUT2D eigenvalue weighted by Crippen LogP contribution is 2.37. The highest BCUT2D eigenvalue weighted by Gasteiger charge is 2.40. The standard InChI is InChI=1S/C9H5F6NO2/c1-18-8(17)3-2-16-6(9(13,14)15)4(5(3)10)7(11)12/h2,7H,1H3. The van der Waals surface area contributed by atoms with E-state index in [0.717, 1.165) is 7.11 Å². The van der Waals surface area contributed by atoms with Gasteiger partial charge in [-0.25, -0.2) is 18.0 Å². The first kappa shape index (κ1) is 14.3. The van der Waals surface area contributed by atoms with Gasteiger partial charge >= 0.3 is 12.1 Å². The minimum Gasteiger partial charge on any atom is -0.465 e. The predicted octanol–water partition coefficient (Wildman–Crippen LogP) is 2.96. The van der Waals surface area contributed by atoms with Crippen molar-refractivity contribution in [2.45, 2.75) is 12.6 Å². The molecule has 18 heavy (non-hydrogen) atoms. The van der Waals surface area contributed by atoms with E-state index in [1.807, 2.05) is 0 Å². The van der Waals surface area contributed by atoms with Crippen LogP contribution in [0.2, 0.25) is 0 Å². The average molecular weight is 273 g/mol. The Morgan fingerprint density at radius 1 is 1.39 bits per heavy atom. The van der Waals surface area contributed by atoms with Crippen molar-refractivity contribution in [3.05, 3.63) is 28.8 Å². The average Bonchev–Trinajstić information content (AvgIpc) is 2.25. The Kier molecular flexibility index (Phi) is 3.82. The molecule has 0 saturated carbocycles. The molecule has 9 heteroatoms. The molecule has 0 bridgehead atoms. The maximum absolute atomic E-state index is 13.4. The molecule has 0 spiro atoms. The molecule has 0 aromatic carbocycles. The first-order valence-corrected chi connectivity index (χ1v) is 4.32. The highest BCUT2D eigenvalue weighted by atomic mass is 19.4. The van der Waals surface area contributed by atoms with Crippen LogP contribution in [0.25, 0.3) is 0 Å². The van der Waals surface area contributed by atoms with Crippen LogP contribution in [-0.4, -0.2) is 18.1 Å². The molecule has 0 aliphatic rings. The van der Waals surface area contributed by atoms with E-state index in [9.17, 15) is 31.1 Å². The zero-order valence-electron chi connectivity index (χ0n) is 8.69. The van der Waals surface area contributed by atoms with Crippen molar-refractivity contribution in [2.24, 2.45) is 0 Å². The number of alkyl halides is 5. The van der Waals surface area contributed by atoms with E-state index in [4.69, 9.17) is 0 Å². The molecule has 0 atom stereocenters. The fraction of sp³-hybridized carbons (Fsp3) is 0.333. The van der Waals surface area contributed by atoms with E-state index in [0.29, 0.717) is 0 Å². The van der Waals surface area contributed by atoms with Gasteiger partial charge in [-0.3, -0.25) is 4.98 Å². The minimum absolute atomic E-state index is 0.204. The normalized spacial score (nSPS) is 11.8. The van der Waals surface area contributed by atoms with Gasteiger partial charge in [0.05, 0.1) is 12.7 Å². The van der Waals surface area contributed by atoms with Gasteiger partial charge in [0.2, 0.25) is 0 Å². The fourth-order valence-corrected chi connectivity index (χ4v) is 1.18. The van der Waals surface area contributed by atoms with E-state index >= 15 is 0 Å². The summed E-state index contributed by atoms with van der Waals surface area (Å²) in [5, 5.41) is 0. The molecule has 0 radical (unpaired) electrons. The fourth-order valence-electron chi connectivity index (χ4n) is 1.18. The molecule has 1 aromatic heterocycles. The topological polar surface area (TPSA) is 39.2 Å². The summed E-state index contributed by atoms with van der Waals surface area (Å²) in [5.74, 6) is -3.38. The number of esters is 1. The summed E-state index contributed by atoms with van der Waals surface area (Å²) in [6.45, 7) is 0. The molecular formula is C9H5F6NO2. The smallest absolute Gasteiger partial charge is 0.433 e. The van der Waals surface area contributed by atoms with Gasteiger partial charge in [0.15, 0.2) is 5.69 Å². The van der Waals surface area contributed by atoms with Crippen LogP contribution < -0.4 is 0 Å². The van der Waals surface area contributed by atoms with E-state index in [-0.39, 0.29) is 6.20 Å². The van der Waals surface area contributed by atoms with Crippen LogP contribution in [0.4, 0.5) is 26.3 Å². The number of carbonyl (C=O) groups is 1. The van der Waals surface area contributed by atoms with E-state index < -0.39 is 41.2 Å². The second kappa shape index (κ2) is 4.83. The Labute approximate surface area is 96.4 Å². The van der Waals surface area contributed by atoms with Gasteiger partial charge in [0.25, 0.3) is 6.43 Å². The molecule has 3 nitrogen and oxygen atoms in total. The molecule has 0 amide bonds. The lowest BCUT2D eigenvalue weighted by molar-refractivity contribution is -0.143. The van der Waals surface area contributed by atoms with Crippen LogP contribution in [0.5, 0.6) is 0 Å². The van der Waals surface area contributed by atoms with Gasteiger partial charge in [-0.2, -0.15) is 13.2 Å². The van der Waals surface area contributed by atoms with Gasteiger partial charge in [0.1, 0.15) is 11.4 Å². The van der Waals surface area contributed by atoms with Gasteiger partial charge < -0.3 is 4.74 Å². The number of aromatic nitrogens is 1. The van der Waals surface area contributed by atoms with Crippen molar-refractivity contribution in [1.82, 2.24) is 4.98 Å². The molecule has 0 N–H and O–H groups in total. The van der Waals surface area contributed by atoms with Crippen LogP contribution in [0.1, 0.15) is 28.0 Å². The van der Waals surface area contributed by atoms with Crippen molar-refractivity contribution in [3.8, 4) is 0 Å². The van der Waals surface area contributed by atoms with Gasteiger partial charge in [-0.15, -0.1) is 0 Å². The largest absolute Gasteiger partial charge is 0.465 e. The third kappa shape index (κ3) is 2.54. The lowest BCUT2D eigenvalue weighted by atomic mass is 10.1. The van der Waals surface area contributed by atoms with Gasteiger partial charge in [0, 0.05) is 6.20 Å². The number of rotatable bonds is 2. The monoisotopic (exact) mass is 273 g/mol. The second-order valence-corrected chi connectivity index (χ2v) is 3.04. The third-order valence-corrected chi connectivity index (χ3v) is 1.94. The van der Waals surface area contributed by atoms with E-state index in [2.05, 4.69) is 9.72 Å². The molecule has 0 saturated heterocycles. The summed E-state index contributed by atoms with van der Waals surface area (Å²) in [7, 11) is 0.821. The summed E-state index contributed by atoms with van der Waals surface area (Å²) in [6, 6.07) is 0. The number of pyridine rings is 1. The Morgan fingerprint density at radius 2 is 1.94 bits per heavy atom. The number of ether oxygens (including phenoxy) is 1. The molecule has 100 valence electrons.